The first-order valence-corrected chi connectivity index (χ1v) is 11.1. The number of nitrogens with zero attached hydrogens (tertiary/aromatic N) is 7. The zero-order valence-corrected chi connectivity index (χ0v) is 19.0. The van der Waals surface area contributed by atoms with Crippen molar-refractivity contribution in [3.63, 3.8) is 0 Å². The number of hydrogen-bond donors (Lipinski definition) is 2. The van der Waals surface area contributed by atoms with Crippen LogP contribution in [0.5, 0.6) is 0 Å². The second kappa shape index (κ2) is 8.19. The van der Waals surface area contributed by atoms with Crippen molar-refractivity contribution in [2.75, 3.05) is 17.6 Å². The van der Waals surface area contributed by atoms with Gasteiger partial charge in [0.2, 0.25) is 5.91 Å². The number of carbonyl (C=O) groups is 1. The molecule has 33 heavy (non-hydrogen) atoms. The first-order valence-electron chi connectivity index (χ1n) is 11.1. The van der Waals surface area contributed by atoms with Gasteiger partial charge in [-0.3, -0.25) is 9.48 Å². The topological polar surface area (TPSA) is 120 Å². The number of aryl methyl sites for hydroxylation is 1. The fourth-order valence-electron chi connectivity index (χ4n) is 4.32. The van der Waals surface area contributed by atoms with Gasteiger partial charge in [-0.1, -0.05) is 0 Å². The van der Waals surface area contributed by atoms with Crippen LogP contribution in [0.3, 0.4) is 0 Å². The molecule has 0 spiro atoms. The highest BCUT2D eigenvalue weighted by atomic mass is 16.2. The van der Waals surface area contributed by atoms with Crippen LogP contribution in [0.2, 0.25) is 0 Å². The lowest BCUT2D eigenvalue weighted by Gasteiger charge is -2.24. The number of rotatable bonds is 5. The summed E-state index contributed by atoms with van der Waals surface area (Å²) in [6, 6.07) is 7.99. The van der Waals surface area contributed by atoms with Crippen LogP contribution in [0.4, 0.5) is 17.3 Å². The number of aromatic nitrogens is 6. The number of anilines is 3. The van der Waals surface area contributed by atoms with Crippen LogP contribution < -0.4 is 11.1 Å². The third kappa shape index (κ3) is 3.88. The maximum atomic E-state index is 12.5. The number of nitrogen functional groups attached to an aromatic ring is 1. The molecule has 10 heteroatoms. The van der Waals surface area contributed by atoms with Crippen molar-refractivity contribution in [2.24, 2.45) is 0 Å². The number of fused-ring (bicyclic) bond motifs is 2. The second-order valence-electron chi connectivity index (χ2n) is 8.53. The number of hydrogen-bond acceptors (Lipinski definition) is 7. The van der Waals surface area contributed by atoms with Gasteiger partial charge in [0.15, 0.2) is 11.6 Å². The summed E-state index contributed by atoms with van der Waals surface area (Å²) in [7, 11) is 0. The Bertz CT molecular complexity index is 1340. The number of nitrogens with one attached hydrogen (secondary N) is 1. The molecule has 4 heterocycles. The van der Waals surface area contributed by atoms with E-state index in [-0.39, 0.29) is 18.5 Å². The van der Waals surface area contributed by atoms with Gasteiger partial charge in [0.05, 0.1) is 23.9 Å². The summed E-state index contributed by atoms with van der Waals surface area (Å²) < 4.78 is 3.83. The number of carbonyl (C=O) groups excluding carboxylic acids is 1. The van der Waals surface area contributed by atoms with Gasteiger partial charge in [-0.05, 0) is 39.0 Å². The molecule has 1 aromatic carbocycles. The molecule has 170 valence electrons. The van der Waals surface area contributed by atoms with E-state index in [9.17, 15) is 4.79 Å². The molecule has 1 aliphatic heterocycles. The van der Waals surface area contributed by atoms with Gasteiger partial charge < -0.3 is 20.5 Å². The molecular weight excluding hydrogens is 418 g/mol. The fraction of sp³-hybridized carbons (Fsp3) is 0.348. The minimum Gasteiger partial charge on any atom is -0.397 e. The second-order valence-corrected chi connectivity index (χ2v) is 8.53. The molecule has 1 aliphatic rings. The van der Waals surface area contributed by atoms with E-state index in [2.05, 4.69) is 37.1 Å². The van der Waals surface area contributed by atoms with Crippen molar-refractivity contribution in [1.82, 2.24) is 34.4 Å². The van der Waals surface area contributed by atoms with E-state index in [4.69, 9.17) is 5.73 Å². The summed E-state index contributed by atoms with van der Waals surface area (Å²) in [6.07, 6.45) is 4.40. The molecule has 0 unspecified atom stereocenters. The summed E-state index contributed by atoms with van der Waals surface area (Å²) in [4.78, 5) is 18.7. The summed E-state index contributed by atoms with van der Waals surface area (Å²) >= 11 is 0. The van der Waals surface area contributed by atoms with E-state index in [1.165, 1.54) is 0 Å². The minimum absolute atomic E-state index is 0.0817. The standard InChI is InChI=1S/C23H27N9O/c1-4-30-13-25-11-19(30)15-7-16-9-20(27-28-23(16)18(24)8-15)26-21-10-17-5-6-31(14(2)3)22(33)12-32(17)29-21/h7-11,13-14H,4-6,12,24H2,1-3H3,(H,26,27,29). The Balaban J connectivity index is 1.43. The molecule has 0 aliphatic carbocycles. The summed E-state index contributed by atoms with van der Waals surface area (Å²) in [5.41, 5.74) is 10.5. The van der Waals surface area contributed by atoms with Crippen LogP contribution in [-0.4, -0.2) is 52.9 Å². The van der Waals surface area contributed by atoms with Gasteiger partial charge in [-0.25, -0.2) is 4.98 Å². The number of nitrogens with two attached hydrogens (primary N) is 1. The van der Waals surface area contributed by atoms with Crippen molar-refractivity contribution in [1.29, 1.82) is 0 Å². The monoisotopic (exact) mass is 445 g/mol. The Morgan fingerprint density at radius 3 is 2.79 bits per heavy atom. The number of amides is 1. The molecule has 1 amide bonds. The largest absolute Gasteiger partial charge is 0.397 e. The Hall–Kier alpha value is -3.95. The van der Waals surface area contributed by atoms with Crippen molar-refractivity contribution >= 4 is 34.1 Å². The smallest absolute Gasteiger partial charge is 0.244 e. The predicted octanol–water partition coefficient (Wildman–Crippen LogP) is 2.83. The average molecular weight is 446 g/mol. The molecule has 0 bridgehead atoms. The van der Waals surface area contributed by atoms with E-state index < -0.39 is 0 Å². The van der Waals surface area contributed by atoms with Crippen molar-refractivity contribution in [2.45, 2.75) is 46.3 Å². The Morgan fingerprint density at radius 2 is 2.00 bits per heavy atom. The number of benzene rings is 1. The molecule has 4 aromatic rings. The molecule has 3 N–H and O–H groups in total. The van der Waals surface area contributed by atoms with Gasteiger partial charge in [-0.2, -0.15) is 5.10 Å². The zero-order valence-electron chi connectivity index (χ0n) is 19.0. The van der Waals surface area contributed by atoms with E-state index in [1.807, 2.05) is 49.2 Å². The van der Waals surface area contributed by atoms with Crippen LogP contribution in [0.25, 0.3) is 22.2 Å². The van der Waals surface area contributed by atoms with E-state index >= 15 is 0 Å². The van der Waals surface area contributed by atoms with Crippen molar-refractivity contribution in [3.05, 3.63) is 42.5 Å². The zero-order chi connectivity index (χ0) is 23.1. The van der Waals surface area contributed by atoms with Gasteiger partial charge in [0.25, 0.3) is 0 Å². The first-order chi connectivity index (χ1) is 15.9. The SMILES string of the molecule is CCn1cncc1-c1cc(N)c2nnc(Nc3cc4n(n3)CC(=O)N(C(C)C)CC4)cc2c1. The van der Waals surface area contributed by atoms with Gasteiger partial charge in [0.1, 0.15) is 12.1 Å². The summed E-state index contributed by atoms with van der Waals surface area (Å²) in [5, 5.41) is 17.3. The van der Waals surface area contributed by atoms with Crippen LogP contribution in [0, 0.1) is 0 Å². The lowest BCUT2D eigenvalue weighted by molar-refractivity contribution is -0.133. The molecule has 0 saturated heterocycles. The quantitative estimate of drug-likeness (QED) is 0.453. The Kier molecular flexibility index (Phi) is 5.20. The molecule has 3 aromatic heterocycles. The molecule has 0 fully saturated rings. The van der Waals surface area contributed by atoms with Crippen LogP contribution in [0.1, 0.15) is 26.5 Å². The molecule has 0 saturated carbocycles. The first kappa shape index (κ1) is 20.9. The van der Waals surface area contributed by atoms with Crippen molar-refractivity contribution < 1.29 is 4.79 Å². The van der Waals surface area contributed by atoms with E-state index in [0.717, 1.165) is 35.3 Å². The van der Waals surface area contributed by atoms with E-state index in [1.54, 1.807) is 11.0 Å². The lowest BCUT2D eigenvalue weighted by atomic mass is 10.1. The highest BCUT2D eigenvalue weighted by Crippen LogP contribution is 2.29. The molecular formula is C23H27N9O. The number of imidazole rings is 1. The Morgan fingerprint density at radius 1 is 1.15 bits per heavy atom. The highest BCUT2D eigenvalue weighted by molar-refractivity contribution is 5.94. The van der Waals surface area contributed by atoms with Gasteiger partial charge in [-0.15, -0.1) is 10.2 Å². The maximum Gasteiger partial charge on any atom is 0.244 e. The summed E-state index contributed by atoms with van der Waals surface area (Å²) in [5.74, 6) is 1.28. The summed E-state index contributed by atoms with van der Waals surface area (Å²) in [6.45, 7) is 7.88. The van der Waals surface area contributed by atoms with Crippen LogP contribution in [-0.2, 0) is 24.3 Å². The Labute approximate surface area is 191 Å². The lowest BCUT2D eigenvalue weighted by Crippen LogP contribution is -2.38. The third-order valence-corrected chi connectivity index (χ3v) is 6.02. The molecule has 10 nitrogen and oxygen atoms in total. The predicted molar refractivity (Wildman–Crippen MR) is 127 cm³/mol. The van der Waals surface area contributed by atoms with Crippen molar-refractivity contribution in [3.8, 4) is 11.3 Å². The highest BCUT2D eigenvalue weighted by Gasteiger charge is 2.24. The molecule has 0 radical (unpaired) electrons. The third-order valence-electron chi connectivity index (χ3n) is 6.02. The molecule has 0 atom stereocenters. The van der Waals surface area contributed by atoms with Crippen LogP contribution in [0.15, 0.2) is 36.8 Å². The van der Waals surface area contributed by atoms with E-state index in [0.29, 0.717) is 29.4 Å². The average Bonchev–Trinajstić information content (AvgIpc) is 3.36. The van der Waals surface area contributed by atoms with Gasteiger partial charge in [0, 0.05) is 48.3 Å². The van der Waals surface area contributed by atoms with Crippen LogP contribution >= 0.6 is 0 Å². The maximum absolute atomic E-state index is 12.5. The minimum atomic E-state index is 0.0817. The normalized spacial score (nSPS) is 14.1. The van der Waals surface area contributed by atoms with Gasteiger partial charge >= 0.3 is 0 Å². The fourth-order valence-corrected chi connectivity index (χ4v) is 4.32. The molecule has 5 rings (SSSR count).